The average Bonchev–Trinajstić information content (AvgIpc) is 2.68. The zero-order valence-electron chi connectivity index (χ0n) is 8.32. The minimum absolute atomic E-state index is 0.606. The molecule has 1 aromatic rings. The van der Waals surface area contributed by atoms with Crippen LogP contribution in [0.4, 0.5) is 0 Å². The Morgan fingerprint density at radius 1 is 1.29 bits per heavy atom. The van der Waals surface area contributed by atoms with Crippen LogP contribution in [-0.2, 0) is 0 Å². The second-order valence-corrected chi connectivity index (χ2v) is 4.17. The van der Waals surface area contributed by atoms with Gasteiger partial charge in [-0.05, 0) is 24.9 Å². The summed E-state index contributed by atoms with van der Waals surface area (Å²) >= 11 is 5.79. The van der Waals surface area contributed by atoms with Gasteiger partial charge in [-0.25, -0.2) is 0 Å². The fraction of sp³-hybridized carbons (Fsp3) is 0.500. The monoisotopic (exact) mass is 209 g/mol. The highest BCUT2D eigenvalue weighted by Gasteiger charge is 2.24. The molecule has 1 unspecified atom stereocenters. The molecule has 0 bridgehead atoms. The molecule has 1 nitrogen and oxygen atoms in total. The summed E-state index contributed by atoms with van der Waals surface area (Å²) in [5.41, 5.74) is 1.44. The van der Waals surface area contributed by atoms with Gasteiger partial charge in [0.25, 0.3) is 0 Å². The van der Waals surface area contributed by atoms with Crippen molar-refractivity contribution in [1.82, 2.24) is 4.90 Å². The quantitative estimate of drug-likeness (QED) is 0.692. The molecule has 0 aromatic heterocycles. The Morgan fingerprint density at radius 2 is 2.07 bits per heavy atom. The van der Waals surface area contributed by atoms with Crippen LogP contribution in [-0.4, -0.2) is 23.9 Å². The number of likely N-dealkylation sites (tertiary alicyclic amines) is 1. The van der Waals surface area contributed by atoms with Crippen LogP contribution in [0, 0.1) is 0 Å². The van der Waals surface area contributed by atoms with E-state index in [0.29, 0.717) is 6.04 Å². The maximum atomic E-state index is 5.79. The van der Waals surface area contributed by atoms with Gasteiger partial charge in [-0.1, -0.05) is 30.3 Å². The van der Waals surface area contributed by atoms with Gasteiger partial charge in [-0.2, -0.15) is 0 Å². The van der Waals surface area contributed by atoms with E-state index < -0.39 is 0 Å². The molecule has 14 heavy (non-hydrogen) atoms. The predicted molar refractivity (Wildman–Crippen MR) is 60.7 cm³/mol. The molecule has 1 aliphatic heterocycles. The van der Waals surface area contributed by atoms with Crippen molar-refractivity contribution in [3.63, 3.8) is 0 Å². The summed E-state index contributed by atoms with van der Waals surface area (Å²) in [6, 6.07) is 11.4. The third kappa shape index (κ3) is 2.10. The van der Waals surface area contributed by atoms with E-state index in [2.05, 4.69) is 35.2 Å². The van der Waals surface area contributed by atoms with Crippen molar-refractivity contribution in [3.8, 4) is 0 Å². The Kier molecular flexibility index (Phi) is 3.44. The highest BCUT2D eigenvalue weighted by molar-refractivity contribution is 6.18. The predicted octanol–water partition coefficient (Wildman–Crippen LogP) is 3.06. The Bertz CT molecular complexity index is 273. The van der Waals surface area contributed by atoms with Gasteiger partial charge in [0.2, 0.25) is 0 Å². The molecule has 0 amide bonds. The van der Waals surface area contributed by atoms with E-state index in [-0.39, 0.29) is 0 Å². The van der Waals surface area contributed by atoms with Crippen molar-refractivity contribution in [2.24, 2.45) is 0 Å². The molecule has 0 N–H and O–H groups in total. The van der Waals surface area contributed by atoms with Crippen LogP contribution in [0.2, 0.25) is 0 Å². The van der Waals surface area contributed by atoms with Crippen LogP contribution < -0.4 is 0 Å². The lowest BCUT2D eigenvalue weighted by molar-refractivity contribution is 0.273. The number of halogens is 1. The van der Waals surface area contributed by atoms with Gasteiger partial charge < -0.3 is 0 Å². The molecule has 0 saturated carbocycles. The van der Waals surface area contributed by atoms with Gasteiger partial charge in [0.1, 0.15) is 0 Å². The number of rotatable bonds is 3. The summed E-state index contributed by atoms with van der Waals surface area (Å²) in [7, 11) is 0. The van der Waals surface area contributed by atoms with Crippen molar-refractivity contribution in [2.45, 2.75) is 18.9 Å². The second-order valence-electron chi connectivity index (χ2n) is 3.79. The largest absolute Gasteiger partial charge is 0.295 e. The first kappa shape index (κ1) is 10.0. The molecule has 76 valence electrons. The summed E-state index contributed by atoms with van der Waals surface area (Å²) in [5, 5.41) is 0. The van der Waals surface area contributed by atoms with Gasteiger partial charge >= 0.3 is 0 Å². The minimum Gasteiger partial charge on any atom is -0.295 e. The van der Waals surface area contributed by atoms with Crippen molar-refractivity contribution >= 4 is 11.6 Å². The standard InChI is InChI=1S/C12H16ClN/c13-8-10-14-9-4-7-12(14)11-5-2-1-3-6-11/h1-3,5-6,12H,4,7-10H2. The van der Waals surface area contributed by atoms with E-state index in [1.54, 1.807) is 0 Å². The van der Waals surface area contributed by atoms with E-state index in [0.717, 1.165) is 12.4 Å². The Balaban J connectivity index is 2.10. The number of hydrogen-bond donors (Lipinski definition) is 0. The summed E-state index contributed by atoms with van der Waals surface area (Å²) in [6.07, 6.45) is 2.58. The van der Waals surface area contributed by atoms with E-state index in [1.807, 2.05) is 0 Å². The van der Waals surface area contributed by atoms with Gasteiger partial charge in [0, 0.05) is 18.5 Å². The molecule has 1 heterocycles. The van der Waals surface area contributed by atoms with Crippen molar-refractivity contribution in [1.29, 1.82) is 0 Å². The van der Waals surface area contributed by atoms with Crippen LogP contribution in [0.5, 0.6) is 0 Å². The SMILES string of the molecule is ClCCN1CCCC1c1ccccc1. The summed E-state index contributed by atoms with van der Waals surface area (Å²) < 4.78 is 0. The van der Waals surface area contributed by atoms with Crippen molar-refractivity contribution < 1.29 is 0 Å². The molecular weight excluding hydrogens is 194 g/mol. The zero-order chi connectivity index (χ0) is 9.80. The fourth-order valence-corrected chi connectivity index (χ4v) is 2.47. The van der Waals surface area contributed by atoms with Crippen molar-refractivity contribution in [3.05, 3.63) is 35.9 Å². The van der Waals surface area contributed by atoms with E-state index in [1.165, 1.54) is 24.9 Å². The molecule has 0 spiro atoms. The van der Waals surface area contributed by atoms with Crippen LogP contribution in [0.25, 0.3) is 0 Å². The molecule has 2 rings (SSSR count). The Hall–Kier alpha value is -0.530. The van der Waals surface area contributed by atoms with Crippen molar-refractivity contribution in [2.75, 3.05) is 19.0 Å². The molecular formula is C12H16ClN. The molecule has 1 aliphatic rings. The van der Waals surface area contributed by atoms with Gasteiger partial charge in [-0.15, -0.1) is 11.6 Å². The Labute approximate surface area is 90.7 Å². The summed E-state index contributed by atoms with van der Waals surface area (Å²) in [4.78, 5) is 2.49. The van der Waals surface area contributed by atoms with E-state index in [9.17, 15) is 0 Å². The average molecular weight is 210 g/mol. The molecule has 1 aromatic carbocycles. The number of alkyl halides is 1. The first-order chi connectivity index (χ1) is 6.92. The molecule has 1 fully saturated rings. The van der Waals surface area contributed by atoms with Crippen LogP contribution in [0.1, 0.15) is 24.4 Å². The first-order valence-electron chi connectivity index (χ1n) is 5.27. The maximum Gasteiger partial charge on any atom is 0.0351 e. The van der Waals surface area contributed by atoms with E-state index in [4.69, 9.17) is 11.6 Å². The maximum absolute atomic E-state index is 5.79. The number of benzene rings is 1. The molecule has 1 saturated heterocycles. The van der Waals surface area contributed by atoms with Crippen LogP contribution in [0.15, 0.2) is 30.3 Å². The zero-order valence-corrected chi connectivity index (χ0v) is 9.08. The molecule has 2 heteroatoms. The topological polar surface area (TPSA) is 3.24 Å². The third-order valence-corrected chi connectivity index (χ3v) is 3.09. The number of nitrogens with zero attached hydrogens (tertiary/aromatic N) is 1. The molecule has 0 radical (unpaired) electrons. The smallest absolute Gasteiger partial charge is 0.0351 e. The molecule has 0 aliphatic carbocycles. The summed E-state index contributed by atoms with van der Waals surface area (Å²) in [6.45, 7) is 2.22. The number of hydrogen-bond acceptors (Lipinski definition) is 1. The highest BCUT2D eigenvalue weighted by atomic mass is 35.5. The lowest BCUT2D eigenvalue weighted by atomic mass is 10.1. The summed E-state index contributed by atoms with van der Waals surface area (Å²) in [5.74, 6) is 0.739. The molecule has 1 atom stereocenters. The third-order valence-electron chi connectivity index (χ3n) is 2.92. The minimum atomic E-state index is 0.606. The Morgan fingerprint density at radius 3 is 2.79 bits per heavy atom. The van der Waals surface area contributed by atoms with Gasteiger partial charge in [0.15, 0.2) is 0 Å². The van der Waals surface area contributed by atoms with Crippen LogP contribution >= 0.6 is 11.6 Å². The van der Waals surface area contributed by atoms with E-state index >= 15 is 0 Å². The van der Waals surface area contributed by atoms with Gasteiger partial charge in [-0.3, -0.25) is 4.90 Å². The normalized spacial score (nSPS) is 22.8. The lowest BCUT2D eigenvalue weighted by Crippen LogP contribution is -2.25. The first-order valence-corrected chi connectivity index (χ1v) is 5.80. The highest BCUT2D eigenvalue weighted by Crippen LogP contribution is 2.31. The fourth-order valence-electron chi connectivity index (χ4n) is 2.26. The second kappa shape index (κ2) is 4.81. The van der Waals surface area contributed by atoms with Crippen LogP contribution in [0.3, 0.4) is 0 Å². The van der Waals surface area contributed by atoms with Gasteiger partial charge in [0.05, 0.1) is 0 Å². The lowest BCUT2D eigenvalue weighted by Gasteiger charge is -2.23.